The number of nitrogens with zero attached hydrogens (tertiary/aromatic N) is 2. The van der Waals surface area contributed by atoms with Crippen LogP contribution in [0.4, 0.5) is 0 Å². The molecule has 0 spiro atoms. The molecule has 2 aliphatic rings. The van der Waals surface area contributed by atoms with E-state index in [4.69, 9.17) is 0 Å². The van der Waals surface area contributed by atoms with Crippen molar-refractivity contribution < 1.29 is 19.2 Å². The fourth-order valence-corrected chi connectivity index (χ4v) is 1.28. The highest BCUT2D eigenvalue weighted by Gasteiger charge is 2.27. The number of carbonyl (C=O) groups is 4. The molecular formula is C9H7N3O4. The molecule has 1 N–H and O–H groups in total. The van der Waals surface area contributed by atoms with Crippen molar-refractivity contribution in [3.63, 3.8) is 0 Å². The third kappa shape index (κ3) is 1.63. The third-order valence-corrected chi connectivity index (χ3v) is 2.10. The summed E-state index contributed by atoms with van der Waals surface area (Å²) < 4.78 is 0. The van der Waals surface area contributed by atoms with E-state index in [9.17, 15) is 19.2 Å². The van der Waals surface area contributed by atoms with Crippen LogP contribution in [-0.4, -0.2) is 40.2 Å². The number of nitrogens with one attached hydrogen (secondary N) is 1. The van der Waals surface area contributed by atoms with E-state index >= 15 is 0 Å². The maximum Gasteiger partial charge on any atom is 0.268 e. The minimum Gasteiger partial charge on any atom is -0.269 e. The summed E-state index contributed by atoms with van der Waals surface area (Å²) in [5.41, 5.74) is 2.40. The first-order chi connectivity index (χ1) is 7.59. The van der Waals surface area contributed by atoms with Crippen LogP contribution < -0.4 is 5.43 Å². The molecule has 0 aromatic carbocycles. The number of amides is 4. The first-order valence-electron chi connectivity index (χ1n) is 4.43. The van der Waals surface area contributed by atoms with Crippen molar-refractivity contribution in [2.45, 2.75) is 0 Å². The maximum absolute atomic E-state index is 11.1. The molecule has 0 aliphatic carbocycles. The minimum atomic E-state index is -0.531. The molecule has 82 valence electrons. The minimum absolute atomic E-state index is 0.218. The van der Waals surface area contributed by atoms with Gasteiger partial charge in [-0.05, 0) is 0 Å². The highest BCUT2D eigenvalue weighted by Crippen LogP contribution is 2.03. The second-order valence-corrected chi connectivity index (χ2v) is 3.10. The highest BCUT2D eigenvalue weighted by molar-refractivity contribution is 6.13. The van der Waals surface area contributed by atoms with Gasteiger partial charge in [0.25, 0.3) is 23.6 Å². The van der Waals surface area contributed by atoms with Crippen LogP contribution in [0.25, 0.3) is 0 Å². The standard InChI is InChI=1S/C9H7N3O4/c13-6-1-2-7(14)11(6)5-10-12-8(15)3-4-9(12)16/h1-4,10H,5H2. The van der Waals surface area contributed by atoms with Gasteiger partial charge in [-0.2, -0.15) is 0 Å². The van der Waals surface area contributed by atoms with Crippen LogP contribution >= 0.6 is 0 Å². The molecule has 0 aromatic heterocycles. The molecule has 2 rings (SSSR count). The number of rotatable bonds is 3. The Morgan fingerprint density at radius 2 is 1.25 bits per heavy atom. The fourth-order valence-electron chi connectivity index (χ4n) is 1.28. The van der Waals surface area contributed by atoms with Crippen LogP contribution in [0.15, 0.2) is 24.3 Å². The van der Waals surface area contributed by atoms with Gasteiger partial charge < -0.3 is 0 Å². The van der Waals surface area contributed by atoms with E-state index in [2.05, 4.69) is 5.43 Å². The van der Waals surface area contributed by atoms with E-state index in [1.165, 1.54) is 0 Å². The van der Waals surface area contributed by atoms with Crippen LogP contribution in [0.5, 0.6) is 0 Å². The summed E-state index contributed by atoms with van der Waals surface area (Å²) in [7, 11) is 0. The Kier molecular flexibility index (Phi) is 2.37. The summed E-state index contributed by atoms with van der Waals surface area (Å²) in [4.78, 5) is 45.3. The largest absolute Gasteiger partial charge is 0.269 e. The average Bonchev–Trinajstić information content (AvgIpc) is 2.72. The Bertz CT molecular complexity index is 374. The second-order valence-electron chi connectivity index (χ2n) is 3.10. The summed E-state index contributed by atoms with van der Waals surface area (Å²) in [5, 5.41) is 0.735. The Morgan fingerprint density at radius 1 is 0.812 bits per heavy atom. The topological polar surface area (TPSA) is 86.8 Å². The molecule has 0 saturated carbocycles. The first-order valence-corrected chi connectivity index (χ1v) is 4.43. The molecule has 7 nitrogen and oxygen atoms in total. The van der Waals surface area contributed by atoms with E-state index in [1.807, 2.05) is 0 Å². The van der Waals surface area contributed by atoms with E-state index in [0.29, 0.717) is 0 Å². The van der Waals surface area contributed by atoms with Crippen LogP contribution in [0.3, 0.4) is 0 Å². The molecule has 2 aliphatic heterocycles. The quantitative estimate of drug-likeness (QED) is 0.574. The predicted molar refractivity (Wildman–Crippen MR) is 50.0 cm³/mol. The zero-order valence-electron chi connectivity index (χ0n) is 8.04. The summed E-state index contributed by atoms with van der Waals surface area (Å²) in [5.74, 6) is -2.02. The Balaban J connectivity index is 1.93. The lowest BCUT2D eigenvalue weighted by Gasteiger charge is -2.19. The van der Waals surface area contributed by atoms with Crippen LogP contribution in [0.2, 0.25) is 0 Å². The van der Waals surface area contributed by atoms with Gasteiger partial charge in [-0.15, -0.1) is 0 Å². The van der Waals surface area contributed by atoms with Crippen molar-refractivity contribution >= 4 is 23.6 Å². The van der Waals surface area contributed by atoms with Gasteiger partial charge >= 0.3 is 0 Å². The van der Waals surface area contributed by atoms with Crippen molar-refractivity contribution in [1.82, 2.24) is 15.3 Å². The van der Waals surface area contributed by atoms with Crippen molar-refractivity contribution in [1.29, 1.82) is 0 Å². The summed E-state index contributed by atoms with van der Waals surface area (Å²) in [6, 6.07) is 0. The SMILES string of the molecule is O=C1C=CC(=O)N1CNN1C(=O)C=CC1=O. The smallest absolute Gasteiger partial charge is 0.268 e. The lowest BCUT2D eigenvalue weighted by molar-refractivity contribution is -0.146. The highest BCUT2D eigenvalue weighted by atomic mass is 16.2. The van der Waals surface area contributed by atoms with Gasteiger partial charge in [-0.1, -0.05) is 0 Å². The van der Waals surface area contributed by atoms with Crippen LogP contribution in [0, 0.1) is 0 Å². The average molecular weight is 221 g/mol. The number of hydrogen-bond acceptors (Lipinski definition) is 5. The number of carbonyl (C=O) groups excluding carboxylic acids is 4. The van der Waals surface area contributed by atoms with Crippen LogP contribution in [-0.2, 0) is 19.2 Å². The fraction of sp³-hybridized carbons (Fsp3) is 0.111. The van der Waals surface area contributed by atoms with E-state index < -0.39 is 23.6 Å². The van der Waals surface area contributed by atoms with E-state index in [-0.39, 0.29) is 6.67 Å². The Morgan fingerprint density at radius 3 is 1.75 bits per heavy atom. The lowest BCUT2D eigenvalue weighted by atomic mass is 10.6. The molecule has 0 fully saturated rings. The van der Waals surface area contributed by atoms with Gasteiger partial charge in [0.1, 0.15) is 0 Å². The molecular weight excluding hydrogens is 214 g/mol. The van der Waals surface area contributed by atoms with Gasteiger partial charge in [0.15, 0.2) is 0 Å². The normalized spacial score (nSPS) is 19.5. The van der Waals surface area contributed by atoms with Crippen molar-refractivity contribution in [3.8, 4) is 0 Å². The molecule has 4 amide bonds. The Labute approximate surface area is 90.0 Å². The zero-order chi connectivity index (χ0) is 11.7. The third-order valence-electron chi connectivity index (χ3n) is 2.10. The molecule has 0 aromatic rings. The van der Waals surface area contributed by atoms with Crippen molar-refractivity contribution in [3.05, 3.63) is 24.3 Å². The molecule has 0 saturated heterocycles. The maximum atomic E-state index is 11.1. The second kappa shape index (κ2) is 3.70. The van der Waals surface area contributed by atoms with Gasteiger partial charge in [0.2, 0.25) is 0 Å². The van der Waals surface area contributed by atoms with Gasteiger partial charge in [-0.25, -0.2) is 10.4 Å². The van der Waals surface area contributed by atoms with Crippen molar-refractivity contribution in [2.24, 2.45) is 0 Å². The van der Waals surface area contributed by atoms with Gasteiger partial charge in [0.05, 0.1) is 6.67 Å². The zero-order valence-corrected chi connectivity index (χ0v) is 8.04. The van der Waals surface area contributed by atoms with E-state index in [0.717, 1.165) is 34.2 Å². The summed E-state index contributed by atoms with van der Waals surface area (Å²) in [6.07, 6.45) is 4.44. The number of hydrogen-bond donors (Lipinski definition) is 1. The lowest BCUT2D eigenvalue weighted by Crippen LogP contribution is -2.49. The number of hydrazine groups is 1. The van der Waals surface area contributed by atoms with Gasteiger partial charge in [0, 0.05) is 24.3 Å². The molecule has 0 radical (unpaired) electrons. The molecule has 2 heterocycles. The summed E-state index contributed by atoms with van der Waals surface area (Å²) >= 11 is 0. The number of imide groups is 2. The molecule has 16 heavy (non-hydrogen) atoms. The molecule has 7 heteroatoms. The van der Waals surface area contributed by atoms with Crippen molar-refractivity contribution in [2.75, 3.05) is 6.67 Å². The van der Waals surface area contributed by atoms with Gasteiger partial charge in [-0.3, -0.25) is 24.1 Å². The van der Waals surface area contributed by atoms with E-state index in [1.54, 1.807) is 0 Å². The summed E-state index contributed by atoms with van der Waals surface area (Å²) in [6.45, 7) is -0.218. The first kappa shape index (κ1) is 10.2. The molecule has 0 atom stereocenters. The monoisotopic (exact) mass is 221 g/mol. The molecule has 0 unspecified atom stereocenters. The predicted octanol–water partition coefficient (Wildman–Crippen LogP) is -1.70. The molecule has 0 bridgehead atoms. The van der Waals surface area contributed by atoms with Crippen LogP contribution in [0.1, 0.15) is 0 Å². The Hall–Kier alpha value is -2.28.